The average molecular weight is 280 g/mol. The zero-order chi connectivity index (χ0) is 15.0. The van der Waals surface area contributed by atoms with E-state index in [1.165, 1.54) is 16.7 Å². The molecule has 2 aromatic carbocycles. The van der Waals surface area contributed by atoms with E-state index in [0.717, 1.165) is 22.3 Å². The van der Waals surface area contributed by atoms with Crippen molar-refractivity contribution in [2.45, 2.75) is 26.8 Å². The molecular weight excluding hydrogens is 260 g/mol. The number of hydrogen-bond acceptors (Lipinski definition) is 3. The molecule has 1 unspecified atom stereocenters. The molecule has 0 radical (unpaired) electrons. The van der Waals surface area contributed by atoms with Crippen LogP contribution in [0.4, 0.5) is 0 Å². The summed E-state index contributed by atoms with van der Waals surface area (Å²) in [5.41, 5.74) is 8.60. The maximum atomic E-state index is 5.96. The number of hydrogen-bond donors (Lipinski definition) is 2. The Morgan fingerprint density at radius 3 is 2.48 bits per heavy atom. The summed E-state index contributed by atoms with van der Waals surface area (Å²) in [6.45, 7) is 6.29. The summed E-state index contributed by atoms with van der Waals surface area (Å²) in [5.74, 6) is 6.60. The van der Waals surface area contributed by atoms with Crippen molar-refractivity contribution in [3.8, 4) is 0 Å². The van der Waals surface area contributed by atoms with Gasteiger partial charge in [0.2, 0.25) is 0 Å². The molecule has 0 spiro atoms. The molecule has 1 heterocycles. The van der Waals surface area contributed by atoms with Crippen LogP contribution in [-0.2, 0) is 0 Å². The Morgan fingerprint density at radius 1 is 0.952 bits per heavy atom. The second kappa shape index (κ2) is 5.35. The maximum Gasteiger partial charge on any atom is 0.134 e. The van der Waals surface area contributed by atoms with Gasteiger partial charge in [0.15, 0.2) is 0 Å². The molecule has 0 amide bonds. The molecular formula is C18H20N2O. The van der Waals surface area contributed by atoms with Crippen molar-refractivity contribution in [2.24, 2.45) is 5.84 Å². The van der Waals surface area contributed by atoms with Gasteiger partial charge in [-0.1, -0.05) is 29.8 Å². The SMILES string of the molecule is Cc1ccc2oc(C(NN)c3ccc(C)c(C)c3)cc2c1. The van der Waals surface area contributed by atoms with E-state index in [1.807, 2.05) is 6.07 Å². The van der Waals surface area contributed by atoms with Gasteiger partial charge < -0.3 is 4.42 Å². The lowest BCUT2D eigenvalue weighted by atomic mass is 10.00. The van der Waals surface area contributed by atoms with Gasteiger partial charge in [0.25, 0.3) is 0 Å². The minimum Gasteiger partial charge on any atom is -0.459 e. The van der Waals surface area contributed by atoms with Gasteiger partial charge in [0.05, 0.1) is 0 Å². The summed E-state index contributed by atoms with van der Waals surface area (Å²) in [5, 5.41) is 1.11. The molecule has 3 heteroatoms. The van der Waals surface area contributed by atoms with Crippen LogP contribution < -0.4 is 11.3 Å². The van der Waals surface area contributed by atoms with Crippen LogP contribution in [0.1, 0.15) is 34.1 Å². The summed E-state index contributed by atoms with van der Waals surface area (Å²) in [6.07, 6.45) is 0. The topological polar surface area (TPSA) is 51.2 Å². The van der Waals surface area contributed by atoms with E-state index in [-0.39, 0.29) is 6.04 Å². The average Bonchev–Trinajstić information content (AvgIpc) is 2.86. The smallest absolute Gasteiger partial charge is 0.134 e. The molecule has 3 nitrogen and oxygen atoms in total. The van der Waals surface area contributed by atoms with Gasteiger partial charge >= 0.3 is 0 Å². The lowest BCUT2D eigenvalue weighted by Gasteiger charge is -2.15. The van der Waals surface area contributed by atoms with Gasteiger partial charge in [-0.2, -0.15) is 0 Å². The van der Waals surface area contributed by atoms with E-state index in [2.05, 4.69) is 62.6 Å². The fourth-order valence-corrected chi connectivity index (χ4v) is 2.61. The molecule has 108 valence electrons. The summed E-state index contributed by atoms with van der Waals surface area (Å²) in [6, 6.07) is 14.4. The third kappa shape index (κ3) is 2.58. The fraction of sp³-hybridized carbons (Fsp3) is 0.222. The Morgan fingerprint density at radius 2 is 1.76 bits per heavy atom. The molecule has 3 N–H and O–H groups in total. The van der Waals surface area contributed by atoms with Crippen molar-refractivity contribution in [3.63, 3.8) is 0 Å². The van der Waals surface area contributed by atoms with Gasteiger partial charge in [-0.3, -0.25) is 5.84 Å². The van der Waals surface area contributed by atoms with Gasteiger partial charge in [-0.15, -0.1) is 0 Å². The molecule has 0 aliphatic rings. The number of benzene rings is 2. The third-order valence-corrected chi connectivity index (χ3v) is 4.01. The molecule has 0 aliphatic heterocycles. The normalized spacial score (nSPS) is 12.8. The van der Waals surface area contributed by atoms with E-state index < -0.39 is 0 Å². The van der Waals surface area contributed by atoms with Crippen molar-refractivity contribution < 1.29 is 4.42 Å². The number of hydrazine groups is 1. The predicted octanol–water partition coefficient (Wildman–Crippen LogP) is 3.91. The third-order valence-electron chi connectivity index (χ3n) is 4.01. The van der Waals surface area contributed by atoms with Gasteiger partial charge in [0.1, 0.15) is 17.4 Å². The minimum atomic E-state index is -0.142. The van der Waals surface area contributed by atoms with Crippen LogP contribution in [0, 0.1) is 20.8 Å². The van der Waals surface area contributed by atoms with Crippen molar-refractivity contribution in [3.05, 3.63) is 70.5 Å². The number of aryl methyl sites for hydroxylation is 3. The molecule has 3 rings (SSSR count). The number of rotatable bonds is 3. The van der Waals surface area contributed by atoms with E-state index in [1.54, 1.807) is 0 Å². The van der Waals surface area contributed by atoms with Gasteiger partial charge in [0, 0.05) is 5.39 Å². The molecule has 0 fully saturated rings. The van der Waals surface area contributed by atoms with Gasteiger partial charge in [-0.05, 0) is 55.7 Å². The van der Waals surface area contributed by atoms with Crippen LogP contribution in [0.2, 0.25) is 0 Å². The minimum absolute atomic E-state index is 0.142. The number of nitrogens with one attached hydrogen (secondary N) is 1. The molecule has 0 aliphatic carbocycles. The molecule has 3 aromatic rings. The van der Waals surface area contributed by atoms with Crippen molar-refractivity contribution in [2.75, 3.05) is 0 Å². The highest BCUT2D eigenvalue weighted by atomic mass is 16.3. The van der Waals surface area contributed by atoms with E-state index in [4.69, 9.17) is 10.3 Å². The highest BCUT2D eigenvalue weighted by Gasteiger charge is 2.17. The summed E-state index contributed by atoms with van der Waals surface area (Å²) >= 11 is 0. The first-order valence-corrected chi connectivity index (χ1v) is 7.12. The van der Waals surface area contributed by atoms with Crippen molar-refractivity contribution in [1.29, 1.82) is 0 Å². The molecule has 0 saturated heterocycles. The van der Waals surface area contributed by atoms with Crippen molar-refractivity contribution in [1.82, 2.24) is 5.43 Å². The van der Waals surface area contributed by atoms with Gasteiger partial charge in [-0.25, -0.2) is 5.43 Å². The number of furan rings is 1. The quantitative estimate of drug-likeness (QED) is 0.565. The van der Waals surface area contributed by atoms with Crippen LogP contribution in [0.15, 0.2) is 46.9 Å². The largest absolute Gasteiger partial charge is 0.459 e. The Kier molecular flexibility index (Phi) is 3.53. The van der Waals surface area contributed by atoms with Crippen LogP contribution >= 0.6 is 0 Å². The molecule has 0 bridgehead atoms. The Balaban J connectivity index is 2.06. The highest BCUT2D eigenvalue weighted by molar-refractivity contribution is 5.79. The van der Waals surface area contributed by atoms with E-state index in [0.29, 0.717) is 0 Å². The Bertz CT molecular complexity index is 789. The first kappa shape index (κ1) is 13.9. The Hall–Kier alpha value is -2.10. The summed E-state index contributed by atoms with van der Waals surface area (Å²) in [7, 11) is 0. The first-order valence-electron chi connectivity index (χ1n) is 7.12. The maximum absolute atomic E-state index is 5.96. The lowest BCUT2D eigenvalue weighted by molar-refractivity contribution is 0.477. The number of fused-ring (bicyclic) bond motifs is 1. The molecule has 1 atom stereocenters. The van der Waals surface area contributed by atoms with Crippen LogP contribution in [0.5, 0.6) is 0 Å². The summed E-state index contributed by atoms with van der Waals surface area (Å²) in [4.78, 5) is 0. The van der Waals surface area contributed by atoms with Crippen LogP contribution in [-0.4, -0.2) is 0 Å². The fourth-order valence-electron chi connectivity index (χ4n) is 2.61. The van der Waals surface area contributed by atoms with E-state index >= 15 is 0 Å². The van der Waals surface area contributed by atoms with E-state index in [9.17, 15) is 0 Å². The lowest BCUT2D eigenvalue weighted by Crippen LogP contribution is -2.28. The van der Waals surface area contributed by atoms with Crippen LogP contribution in [0.3, 0.4) is 0 Å². The second-order valence-electron chi connectivity index (χ2n) is 5.63. The van der Waals surface area contributed by atoms with Crippen molar-refractivity contribution >= 4 is 11.0 Å². The highest BCUT2D eigenvalue weighted by Crippen LogP contribution is 2.29. The van der Waals surface area contributed by atoms with Crippen LogP contribution in [0.25, 0.3) is 11.0 Å². The Labute approximate surface area is 124 Å². The monoisotopic (exact) mass is 280 g/mol. The predicted molar refractivity (Wildman–Crippen MR) is 86.0 cm³/mol. The second-order valence-corrected chi connectivity index (χ2v) is 5.63. The first-order chi connectivity index (χ1) is 10.1. The number of nitrogens with two attached hydrogens (primary N) is 1. The summed E-state index contributed by atoms with van der Waals surface area (Å²) < 4.78 is 5.96. The standard InChI is InChI=1S/C18H20N2O/c1-11-4-7-16-15(8-11)10-17(21-16)18(20-19)14-6-5-12(2)13(3)9-14/h4-10,18,20H,19H2,1-3H3. The zero-order valence-electron chi connectivity index (χ0n) is 12.6. The molecule has 0 saturated carbocycles. The molecule has 1 aromatic heterocycles. The molecule has 21 heavy (non-hydrogen) atoms. The zero-order valence-corrected chi connectivity index (χ0v) is 12.6.